The third-order valence-electron chi connectivity index (χ3n) is 4.33. The maximum absolute atomic E-state index is 12.3. The Kier molecular flexibility index (Phi) is 4.10. The molecule has 4 nitrogen and oxygen atoms in total. The molecule has 0 saturated heterocycles. The monoisotopic (exact) mass is 288 g/mol. The van der Waals surface area contributed by atoms with Crippen LogP contribution >= 0.6 is 0 Å². The van der Waals surface area contributed by atoms with Gasteiger partial charge in [-0.15, -0.1) is 0 Å². The normalized spacial score (nSPS) is 32.8. The van der Waals surface area contributed by atoms with Crippen LogP contribution in [0.2, 0.25) is 0 Å². The predicted octanol–water partition coefficient (Wildman–Crippen LogP) is 1.90. The number of hydrogen-bond donors (Lipinski definition) is 1. The van der Waals surface area contributed by atoms with E-state index in [0.717, 1.165) is 5.56 Å². The van der Waals surface area contributed by atoms with E-state index in [9.17, 15) is 19.5 Å². The molecule has 1 aliphatic carbocycles. The van der Waals surface area contributed by atoms with Crippen molar-refractivity contribution in [1.29, 1.82) is 0 Å². The predicted molar refractivity (Wildman–Crippen MR) is 77.8 cm³/mol. The first-order valence-electron chi connectivity index (χ1n) is 7.06. The standard InChI is InChI=1S/C17H20O4/c1-10(18)14-13(20)9-17(3,21)16(11(2)19)15(14)12-7-5-4-6-8-12/h4-8,14-16,21H,9H2,1-3H3/t14-,15+,16-,17-/m0/s1. The van der Waals surface area contributed by atoms with E-state index in [0.29, 0.717) is 0 Å². The minimum Gasteiger partial charge on any atom is -0.389 e. The molecule has 2 rings (SSSR count). The number of hydrogen-bond acceptors (Lipinski definition) is 4. The molecule has 4 heteroatoms. The Balaban J connectivity index is 2.61. The number of carbonyl (C=O) groups excluding carboxylic acids is 3. The molecule has 21 heavy (non-hydrogen) atoms. The summed E-state index contributed by atoms with van der Waals surface area (Å²) in [6, 6.07) is 9.03. The fourth-order valence-corrected chi connectivity index (χ4v) is 3.58. The molecule has 0 aliphatic heterocycles. The molecular formula is C17H20O4. The smallest absolute Gasteiger partial charge is 0.146 e. The van der Waals surface area contributed by atoms with E-state index in [-0.39, 0.29) is 23.8 Å². The first-order valence-corrected chi connectivity index (χ1v) is 7.06. The second kappa shape index (κ2) is 5.53. The average Bonchev–Trinajstić information content (AvgIpc) is 2.36. The third-order valence-corrected chi connectivity index (χ3v) is 4.33. The van der Waals surface area contributed by atoms with Gasteiger partial charge in [0.15, 0.2) is 0 Å². The molecule has 1 N–H and O–H groups in total. The molecule has 1 aromatic carbocycles. The van der Waals surface area contributed by atoms with Crippen molar-refractivity contribution in [2.24, 2.45) is 11.8 Å². The van der Waals surface area contributed by atoms with Crippen LogP contribution in [-0.4, -0.2) is 28.1 Å². The molecule has 0 unspecified atom stereocenters. The highest BCUT2D eigenvalue weighted by atomic mass is 16.3. The summed E-state index contributed by atoms with van der Waals surface area (Å²) >= 11 is 0. The lowest BCUT2D eigenvalue weighted by Crippen LogP contribution is -2.53. The first kappa shape index (κ1) is 15.6. The quantitative estimate of drug-likeness (QED) is 0.862. The zero-order chi connectivity index (χ0) is 15.8. The number of rotatable bonds is 3. The molecule has 4 atom stereocenters. The van der Waals surface area contributed by atoms with Gasteiger partial charge in [-0.05, 0) is 26.3 Å². The van der Waals surface area contributed by atoms with E-state index in [1.54, 1.807) is 24.3 Å². The second-order valence-corrected chi connectivity index (χ2v) is 6.11. The lowest BCUT2D eigenvalue weighted by molar-refractivity contribution is -0.151. The highest BCUT2D eigenvalue weighted by Gasteiger charge is 2.53. The summed E-state index contributed by atoms with van der Waals surface area (Å²) in [6.45, 7) is 4.28. The van der Waals surface area contributed by atoms with Crippen LogP contribution in [0.5, 0.6) is 0 Å². The van der Waals surface area contributed by atoms with Crippen molar-refractivity contribution in [3.05, 3.63) is 35.9 Å². The summed E-state index contributed by atoms with van der Waals surface area (Å²) in [7, 11) is 0. The van der Waals surface area contributed by atoms with Gasteiger partial charge in [-0.25, -0.2) is 0 Å². The first-order chi connectivity index (χ1) is 9.75. The zero-order valence-corrected chi connectivity index (χ0v) is 12.5. The Morgan fingerprint density at radius 2 is 1.71 bits per heavy atom. The highest BCUT2D eigenvalue weighted by molar-refractivity contribution is 6.05. The number of Topliss-reactive ketones (excluding diaryl/α,β-unsaturated/α-hetero) is 3. The van der Waals surface area contributed by atoms with Gasteiger partial charge in [0.1, 0.15) is 17.3 Å². The van der Waals surface area contributed by atoms with Crippen LogP contribution < -0.4 is 0 Å². The van der Waals surface area contributed by atoms with Gasteiger partial charge in [0, 0.05) is 12.3 Å². The van der Waals surface area contributed by atoms with Crippen LogP contribution in [0.3, 0.4) is 0 Å². The van der Waals surface area contributed by atoms with E-state index in [1.807, 2.05) is 6.07 Å². The van der Waals surface area contributed by atoms with Crippen molar-refractivity contribution >= 4 is 17.3 Å². The minimum absolute atomic E-state index is 0.162. The molecule has 1 fully saturated rings. The molecule has 0 amide bonds. The van der Waals surface area contributed by atoms with Gasteiger partial charge in [0.2, 0.25) is 0 Å². The van der Waals surface area contributed by atoms with Gasteiger partial charge >= 0.3 is 0 Å². The van der Waals surface area contributed by atoms with Gasteiger partial charge < -0.3 is 5.11 Å². The largest absolute Gasteiger partial charge is 0.389 e. The van der Waals surface area contributed by atoms with E-state index < -0.39 is 23.4 Å². The summed E-state index contributed by atoms with van der Waals surface area (Å²) in [5.74, 6) is -2.97. The van der Waals surface area contributed by atoms with Crippen molar-refractivity contribution in [3.63, 3.8) is 0 Å². The SMILES string of the molecule is CC(=O)[C@H]1C(=O)C[C@](C)(O)[C@@H](C(C)=O)[C@@H]1c1ccccc1. The van der Waals surface area contributed by atoms with Crippen LogP contribution in [-0.2, 0) is 14.4 Å². The number of benzene rings is 1. The van der Waals surface area contributed by atoms with E-state index in [4.69, 9.17) is 0 Å². The summed E-state index contributed by atoms with van der Waals surface area (Å²) in [4.78, 5) is 36.4. The van der Waals surface area contributed by atoms with Gasteiger partial charge in [-0.2, -0.15) is 0 Å². The third kappa shape index (κ3) is 2.81. The van der Waals surface area contributed by atoms with E-state index in [1.165, 1.54) is 20.8 Å². The Hall–Kier alpha value is -1.81. The Bertz CT molecular complexity index is 574. The van der Waals surface area contributed by atoms with Gasteiger partial charge in [-0.1, -0.05) is 30.3 Å². The molecule has 1 aliphatic rings. The Morgan fingerprint density at radius 3 is 2.19 bits per heavy atom. The molecule has 1 aromatic rings. The number of carbonyl (C=O) groups is 3. The van der Waals surface area contributed by atoms with Crippen molar-refractivity contribution < 1.29 is 19.5 Å². The van der Waals surface area contributed by atoms with Crippen LogP contribution in [0.4, 0.5) is 0 Å². The average molecular weight is 288 g/mol. The zero-order valence-electron chi connectivity index (χ0n) is 12.5. The van der Waals surface area contributed by atoms with Crippen LogP contribution in [0, 0.1) is 11.8 Å². The van der Waals surface area contributed by atoms with E-state index >= 15 is 0 Å². The molecule has 1 saturated carbocycles. The van der Waals surface area contributed by atoms with E-state index in [2.05, 4.69) is 0 Å². The molecule has 0 bridgehead atoms. The summed E-state index contributed by atoms with van der Waals surface area (Å²) in [6.07, 6.45) is -0.162. The Morgan fingerprint density at radius 1 is 1.14 bits per heavy atom. The van der Waals surface area contributed by atoms with Gasteiger partial charge in [0.05, 0.1) is 17.4 Å². The van der Waals surface area contributed by atoms with Gasteiger partial charge in [-0.3, -0.25) is 14.4 Å². The van der Waals surface area contributed by atoms with Crippen molar-refractivity contribution in [2.75, 3.05) is 0 Å². The van der Waals surface area contributed by atoms with Gasteiger partial charge in [0.25, 0.3) is 0 Å². The molecule has 0 radical (unpaired) electrons. The number of aliphatic hydroxyl groups is 1. The summed E-state index contributed by atoms with van der Waals surface area (Å²) in [5.41, 5.74) is -0.679. The molecule has 112 valence electrons. The topological polar surface area (TPSA) is 71.4 Å². The molecule has 0 spiro atoms. The van der Waals surface area contributed by atoms with Crippen LogP contribution in [0.25, 0.3) is 0 Å². The maximum Gasteiger partial charge on any atom is 0.146 e. The fourth-order valence-electron chi connectivity index (χ4n) is 3.58. The Labute approximate surface area is 124 Å². The van der Waals surface area contributed by atoms with Crippen molar-refractivity contribution in [1.82, 2.24) is 0 Å². The number of ketones is 3. The van der Waals surface area contributed by atoms with Crippen molar-refractivity contribution in [2.45, 2.75) is 38.7 Å². The summed E-state index contributed by atoms with van der Waals surface area (Å²) < 4.78 is 0. The molecular weight excluding hydrogens is 268 g/mol. The maximum atomic E-state index is 12.3. The summed E-state index contributed by atoms with van der Waals surface area (Å²) in [5, 5.41) is 10.6. The molecule has 0 aromatic heterocycles. The highest BCUT2D eigenvalue weighted by Crippen LogP contribution is 2.46. The van der Waals surface area contributed by atoms with Crippen molar-refractivity contribution in [3.8, 4) is 0 Å². The lowest BCUT2D eigenvalue weighted by atomic mass is 9.60. The van der Waals surface area contributed by atoms with Crippen LogP contribution in [0.15, 0.2) is 30.3 Å². The lowest BCUT2D eigenvalue weighted by Gasteiger charge is -2.44. The minimum atomic E-state index is -1.42. The molecule has 0 heterocycles. The second-order valence-electron chi connectivity index (χ2n) is 6.11. The van der Waals surface area contributed by atoms with Crippen LogP contribution in [0.1, 0.15) is 38.7 Å². The fraction of sp³-hybridized carbons (Fsp3) is 0.471.